The summed E-state index contributed by atoms with van der Waals surface area (Å²) in [5.41, 5.74) is 2.57. The molecule has 3 aromatic heterocycles. The van der Waals surface area contributed by atoms with Crippen molar-refractivity contribution < 1.29 is 17.9 Å². The van der Waals surface area contributed by atoms with Crippen LogP contribution in [0, 0.1) is 12.8 Å². The molecule has 0 amide bonds. The third-order valence-electron chi connectivity index (χ3n) is 7.11. The Morgan fingerprint density at radius 3 is 2.62 bits per heavy atom. The van der Waals surface area contributed by atoms with Gasteiger partial charge in [0, 0.05) is 17.3 Å². The first-order chi connectivity index (χ1) is 19.0. The summed E-state index contributed by atoms with van der Waals surface area (Å²) in [5.74, 6) is 0.342. The number of benzene rings is 1. The van der Waals surface area contributed by atoms with Crippen LogP contribution in [-0.2, 0) is 26.0 Å². The summed E-state index contributed by atoms with van der Waals surface area (Å²) in [5, 5.41) is 9.90. The second-order valence-electron chi connectivity index (χ2n) is 10.7. The summed E-state index contributed by atoms with van der Waals surface area (Å²) < 4.78 is 40.0. The zero-order valence-electron chi connectivity index (χ0n) is 22.7. The number of fused-ring (bicyclic) bond motifs is 2. The first-order valence-electron chi connectivity index (χ1n) is 13.1. The number of para-hydroxylation sites is 1. The molecule has 0 bridgehead atoms. The smallest absolute Gasteiger partial charge is 0.225 e. The molecule has 0 radical (unpaired) electrons. The molecule has 1 saturated heterocycles. The standard InChI is InChI=1S/C27H32N6O4S3/c1-15-21(25-32-18-9-5-6-10-20(18)39-25)24(33-26(30-15)28-14-17-8-7-11-38-17)31-19-12-16(13-29-40(4,34)35)22-23(19)37-27(2,3)36-22/h5-11,16,19,22-23,29H,12-14H2,1-4H3,(H2,28,30,31,33)/t16-,19?,22-,23+/m1/s1. The van der Waals surface area contributed by atoms with Gasteiger partial charge in [-0.15, -0.1) is 22.7 Å². The van der Waals surface area contributed by atoms with Crippen LogP contribution in [0.15, 0.2) is 41.8 Å². The molecule has 1 aromatic carbocycles. The van der Waals surface area contributed by atoms with Gasteiger partial charge in [-0.05, 0) is 50.8 Å². The van der Waals surface area contributed by atoms with Crippen LogP contribution in [0.2, 0.25) is 0 Å². The van der Waals surface area contributed by atoms with Crippen molar-refractivity contribution >= 4 is 54.7 Å². The molecule has 212 valence electrons. The summed E-state index contributed by atoms with van der Waals surface area (Å²) in [6.07, 6.45) is 1.28. The Bertz CT molecular complexity index is 1590. The fourth-order valence-corrected chi connectivity index (χ4v) is 7.66. The molecule has 10 nitrogen and oxygen atoms in total. The number of thiophene rings is 1. The van der Waals surface area contributed by atoms with E-state index >= 15 is 0 Å². The highest BCUT2D eigenvalue weighted by molar-refractivity contribution is 7.88. The van der Waals surface area contributed by atoms with Gasteiger partial charge < -0.3 is 20.1 Å². The van der Waals surface area contributed by atoms with Crippen LogP contribution in [0.4, 0.5) is 11.8 Å². The lowest BCUT2D eigenvalue weighted by Gasteiger charge is -2.25. The van der Waals surface area contributed by atoms with Crippen LogP contribution in [0.3, 0.4) is 0 Å². The van der Waals surface area contributed by atoms with E-state index in [1.807, 2.05) is 50.4 Å². The molecule has 40 heavy (non-hydrogen) atoms. The lowest BCUT2D eigenvalue weighted by Crippen LogP contribution is -2.35. The Morgan fingerprint density at radius 2 is 1.88 bits per heavy atom. The van der Waals surface area contributed by atoms with E-state index in [1.165, 1.54) is 11.1 Å². The second kappa shape index (κ2) is 10.6. The average molecular weight is 601 g/mol. The number of anilines is 2. The van der Waals surface area contributed by atoms with E-state index in [1.54, 1.807) is 22.7 Å². The van der Waals surface area contributed by atoms with E-state index in [0.29, 0.717) is 24.7 Å². The molecule has 4 aromatic rings. The summed E-state index contributed by atoms with van der Waals surface area (Å²) in [6, 6.07) is 12.0. The third-order valence-corrected chi connectivity index (χ3v) is 9.73. The molecule has 3 N–H and O–H groups in total. The number of nitrogens with one attached hydrogen (secondary N) is 3. The van der Waals surface area contributed by atoms with Gasteiger partial charge in [0.05, 0.1) is 46.4 Å². The summed E-state index contributed by atoms with van der Waals surface area (Å²) >= 11 is 3.28. The Labute approximate surface area is 241 Å². The number of aryl methyl sites for hydroxylation is 1. The SMILES string of the molecule is Cc1nc(NCc2cccs2)nc(NC2C[C@H](CNS(C)(=O)=O)[C@H]3OC(C)(C)O[C@@H]23)c1-c1nc2ccccc2s1. The molecule has 6 rings (SSSR count). The van der Waals surface area contributed by atoms with Gasteiger partial charge in [0.1, 0.15) is 16.9 Å². The van der Waals surface area contributed by atoms with Gasteiger partial charge in [0.2, 0.25) is 16.0 Å². The predicted octanol–water partition coefficient (Wildman–Crippen LogP) is 4.61. The van der Waals surface area contributed by atoms with Crippen LogP contribution in [0.1, 0.15) is 30.8 Å². The van der Waals surface area contributed by atoms with Gasteiger partial charge in [0.15, 0.2) is 5.79 Å². The Kier molecular flexibility index (Phi) is 7.30. The zero-order chi connectivity index (χ0) is 28.1. The van der Waals surface area contributed by atoms with Crippen molar-refractivity contribution in [3.63, 3.8) is 0 Å². The Hall–Kier alpha value is -2.68. The molecule has 0 spiro atoms. The van der Waals surface area contributed by atoms with Crippen LogP contribution < -0.4 is 15.4 Å². The minimum Gasteiger partial charge on any atom is -0.364 e. The summed E-state index contributed by atoms with van der Waals surface area (Å²) in [7, 11) is -3.34. The normalized spacial score (nSPS) is 23.9. The molecule has 2 fully saturated rings. The average Bonchev–Trinajstić information content (AvgIpc) is 3.65. The molecule has 1 unspecified atom stereocenters. The predicted molar refractivity (Wildman–Crippen MR) is 159 cm³/mol. The van der Waals surface area contributed by atoms with E-state index in [2.05, 4.69) is 27.5 Å². The van der Waals surface area contributed by atoms with Gasteiger partial charge in [-0.3, -0.25) is 0 Å². The monoisotopic (exact) mass is 600 g/mol. The highest BCUT2D eigenvalue weighted by atomic mass is 32.2. The van der Waals surface area contributed by atoms with Crippen molar-refractivity contribution in [2.24, 2.45) is 5.92 Å². The first-order valence-corrected chi connectivity index (χ1v) is 16.7. The molecular formula is C27H32N6O4S3. The highest BCUT2D eigenvalue weighted by Gasteiger charge is 2.54. The Morgan fingerprint density at radius 1 is 1.07 bits per heavy atom. The maximum Gasteiger partial charge on any atom is 0.225 e. The number of hydrogen-bond acceptors (Lipinski definition) is 11. The number of nitrogens with zero attached hydrogens (tertiary/aromatic N) is 3. The van der Waals surface area contributed by atoms with E-state index in [9.17, 15) is 8.42 Å². The van der Waals surface area contributed by atoms with Crippen molar-refractivity contribution in [3.8, 4) is 10.6 Å². The maximum atomic E-state index is 11.8. The molecule has 1 aliphatic heterocycles. The molecule has 1 aliphatic carbocycles. The number of rotatable bonds is 9. The molecule has 4 atom stereocenters. The van der Waals surface area contributed by atoms with Crippen molar-refractivity contribution in [2.75, 3.05) is 23.4 Å². The van der Waals surface area contributed by atoms with Crippen molar-refractivity contribution in [1.29, 1.82) is 0 Å². The van der Waals surface area contributed by atoms with Crippen LogP contribution in [0.5, 0.6) is 0 Å². The van der Waals surface area contributed by atoms with Crippen LogP contribution >= 0.6 is 22.7 Å². The Balaban J connectivity index is 1.35. The second-order valence-corrected chi connectivity index (χ2v) is 14.6. The minimum atomic E-state index is -3.34. The minimum absolute atomic E-state index is 0.0655. The van der Waals surface area contributed by atoms with Crippen molar-refractivity contribution in [2.45, 2.75) is 57.8 Å². The first kappa shape index (κ1) is 27.5. The molecule has 4 heterocycles. The van der Waals surface area contributed by atoms with Gasteiger partial charge >= 0.3 is 0 Å². The van der Waals surface area contributed by atoms with Gasteiger partial charge in [0.25, 0.3) is 0 Å². The number of aromatic nitrogens is 3. The van der Waals surface area contributed by atoms with Crippen LogP contribution in [0.25, 0.3) is 20.8 Å². The molecule has 1 saturated carbocycles. The number of hydrogen-bond donors (Lipinski definition) is 3. The topological polar surface area (TPSA) is 127 Å². The van der Waals surface area contributed by atoms with Gasteiger partial charge in [-0.2, -0.15) is 4.98 Å². The lowest BCUT2D eigenvalue weighted by atomic mass is 10.1. The van der Waals surface area contributed by atoms with Gasteiger partial charge in [-0.25, -0.2) is 23.1 Å². The molecule has 13 heteroatoms. The maximum absolute atomic E-state index is 11.8. The van der Waals surface area contributed by atoms with Crippen LogP contribution in [-0.4, -0.2) is 60.2 Å². The lowest BCUT2D eigenvalue weighted by molar-refractivity contribution is -0.156. The summed E-state index contributed by atoms with van der Waals surface area (Å²) in [4.78, 5) is 15.8. The van der Waals surface area contributed by atoms with E-state index in [4.69, 9.17) is 24.4 Å². The van der Waals surface area contributed by atoms with E-state index in [-0.39, 0.29) is 30.7 Å². The quantitative estimate of drug-likeness (QED) is 0.252. The van der Waals surface area contributed by atoms with E-state index in [0.717, 1.165) is 26.5 Å². The van der Waals surface area contributed by atoms with Crippen molar-refractivity contribution in [3.05, 3.63) is 52.3 Å². The summed E-state index contributed by atoms with van der Waals surface area (Å²) in [6.45, 7) is 6.64. The fraction of sp³-hybridized carbons (Fsp3) is 0.444. The molecular weight excluding hydrogens is 569 g/mol. The van der Waals surface area contributed by atoms with E-state index < -0.39 is 15.8 Å². The number of thiazole rings is 1. The van der Waals surface area contributed by atoms with Crippen molar-refractivity contribution in [1.82, 2.24) is 19.7 Å². The third kappa shape index (κ3) is 5.85. The largest absolute Gasteiger partial charge is 0.364 e. The number of sulfonamides is 1. The highest BCUT2D eigenvalue weighted by Crippen LogP contribution is 2.44. The fourth-order valence-electron chi connectivity index (χ4n) is 5.43. The van der Waals surface area contributed by atoms with Gasteiger partial charge in [-0.1, -0.05) is 18.2 Å². The molecule has 2 aliphatic rings. The zero-order valence-corrected chi connectivity index (χ0v) is 25.1. The number of ether oxygens (including phenoxy) is 2.